The van der Waals surface area contributed by atoms with Crippen molar-refractivity contribution in [3.63, 3.8) is 0 Å². The van der Waals surface area contributed by atoms with Crippen LogP contribution in [0.3, 0.4) is 0 Å². The average Bonchev–Trinajstić information content (AvgIpc) is 1.89. The summed E-state index contributed by atoms with van der Waals surface area (Å²) in [4.78, 5) is 0. The molecule has 0 saturated heterocycles. The minimum atomic E-state index is 1.08. The topological polar surface area (TPSA) is 0 Å². The Morgan fingerprint density at radius 2 is 2.10 bits per heavy atom. The van der Waals surface area contributed by atoms with Crippen LogP contribution in [0, 0.1) is 11.8 Å². The Labute approximate surface area is 64.3 Å². The smallest absolute Gasteiger partial charge is 0.00234 e. The Hall–Kier alpha value is -0.700. The molecule has 0 atom stereocenters. The van der Waals surface area contributed by atoms with Gasteiger partial charge in [0.05, 0.1) is 0 Å². The summed E-state index contributed by atoms with van der Waals surface area (Å²) < 4.78 is 0. The molecule has 0 aromatic heterocycles. The van der Waals surface area contributed by atoms with Gasteiger partial charge in [-0.05, 0) is 25.3 Å². The molecular formula is C10H16. The Morgan fingerprint density at radius 3 is 2.60 bits per heavy atom. The van der Waals surface area contributed by atoms with E-state index in [4.69, 9.17) is 0 Å². The summed E-state index contributed by atoms with van der Waals surface area (Å²) in [5, 5.41) is 0. The SMILES string of the molecule is C=C(C#CC)CCCCC. The highest BCUT2D eigenvalue weighted by molar-refractivity contribution is 5.24. The maximum absolute atomic E-state index is 3.84. The van der Waals surface area contributed by atoms with Crippen LogP contribution in [-0.2, 0) is 0 Å². The van der Waals surface area contributed by atoms with Gasteiger partial charge in [-0.25, -0.2) is 0 Å². The molecule has 0 aliphatic rings. The summed E-state index contributed by atoms with van der Waals surface area (Å²) in [6.07, 6.45) is 4.88. The lowest BCUT2D eigenvalue weighted by Crippen LogP contribution is -1.77. The van der Waals surface area contributed by atoms with Gasteiger partial charge in [0.2, 0.25) is 0 Å². The summed E-state index contributed by atoms with van der Waals surface area (Å²) in [6.45, 7) is 7.90. The first-order chi connectivity index (χ1) is 4.81. The molecule has 0 heterocycles. The van der Waals surface area contributed by atoms with Gasteiger partial charge in [-0.15, -0.1) is 5.92 Å². The molecule has 0 spiro atoms. The van der Waals surface area contributed by atoms with Gasteiger partial charge in [-0.1, -0.05) is 32.3 Å². The zero-order valence-electron chi connectivity index (χ0n) is 7.04. The highest BCUT2D eigenvalue weighted by atomic mass is 13.9. The molecule has 0 rings (SSSR count). The second kappa shape index (κ2) is 6.42. The zero-order chi connectivity index (χ0) is 7.82. The van der Waals surface area contributed by atoms with Crippen LogP contribution in [0.25, 0.3) is 0 Å². The number of allylic oxidation sites excluding steroid dienone is 1. The van der Waals surface area contributed by atoms with E-state index in [0.717, 1.165) is 12.0 Å². The van der Waals surface area contributed by atoms with Gasteiger partial charge >= 0.3 is 0 Å². The van der Waals surface area contributed by atoms with Gasteiger partial charge in [-0.3, -0.25) is 0 Å². The van der Waals surface area contributed by atoms with E-state index >= 15 is 0 Å². The molecule has 0 aliphatic carbocycles. The third-order valence-corrected chi connectivity index (χ3v) is 1.38. The van der Waals surface area contributed by atoms with Crippen molar-refractivity contribution in [1.82, 2.24) is 0 Å². The standard InChI is InChI=1S/C10H16/c1-4-6-7-9-10(3)8-5-2/h3-4,6-7,9H2,1-2H3. The maximum atomic E-state index is 3.84. The fraction of sp³-hybridized carbons (Fsp3) is 0.600. The van der Waals surface area contributed by atoms with E-state index in [1.807, 2.05) is 6.92 Å². The highest BCUT2D eigenvalue weighted by Crippen LogP contribution is 2.05. The minimum absolute atomic E-state index is 1.08. The summed E-state index contributed by atoms with van der Waals surface area (Å²) in [5.74, 6) is 5.80. The van der Waals surface area contributed by atoms with Crippen molar-refractivity contribution in [3.05, 3.63) is 12.2 Å². The molecule has 0 saturated carbocycles. The van der Waals surface area contributed by atoms with E-state index in [-0.39, 0.29) is 0 Å². The van der Waals surface area contributed by atoms with Crippen LogP contribution in [0.4, 0.5) is 0 Å². The molecule has 0 unspecified atom stereocenters. The van der Waals surface area contributed by atoms with Crippen LogP contribution in [-0.4, -0.2) is 0 Å². The molecule has 0 amide bonds. The lowest BCUT2D eigenvalue weighted by Gasteiger charge is -1.94. The van der Waals surface area contributed by atoms with Crippen molar-refractivity contribution in [2.45, 2.75) is 39.5 Å². The van der Waals surface area contributed by atoms with E-state index in [2.05, 4.69) is 25.3 Å². The fourth-order valence-corrected chi connectivity index (χ4v) is 0.828. The van der Waals surface area contributed by atoms with Crippen LogP contribution in [0.15, 0.2) is 12.2 Å². The van der Waals surface area contributed by atoms with Gasteiger partial charge in [0, 0.05) is 0 Å². The maximum Gasteiger partial charge on any atom is -0.00234 e. The van der Waals surface area contributed by atoms with Crippen LogP contribution < -0.4 is 0 Å². The van der Waals surface area contributed by atoms with E-state index < -0.39 is 0 Å². The normalized spacial score (nSPS) is 8.20. The third-order valence-electron chi connectivity index (χ3n) is 1.38. The van der Waals surface area contributed by atoms with E-state index in [9.17, 15) is 0 Å². The lowest BCUT2D eigenvalue weighted by atomic mass is 10.1. The molecule has 10 heavy (non-hydrogen) atoms. The first kappa shape index (κ1) is 9.30. The molecule has 0 fully saturated rings. The van der Waals surface area contributed by atoms with E-state index in [1.54, 1.807) is 0 Å². The molecule has 0 nitrogen and oxygen atoms in total. The Kier molecular flexibility index (Phi) is 5.97. The Bertz CT molecular complexity index is 143. The van der Waals surface area contributed by atoms with E-state index in [1.165, 1.54) is 19.3 Å². The first-order valence-electron chi connectivity index (χ1n) is 3.91. The predicted octanol–water partition coefficient (Wildman–Crippen LogP) is 3.15. The Morgan fingerprint density at radius 1 is 1.40 bits per heavy atom. The largest absolute Gasteiger partial charge is 0.102 e. The van der Waals surface area contributed by atoms with E-state index in [0.29, 0.717) is 0 Å². The number of unbranched alkanes of at least 4 members (excludes halogenated alkanes) is 2. The second-order valence-corrected chi connectivity index (χ2v) is 2.44. The minimum Gasteiger partial charge on any atom is -0.102 e. The molecule has 0 aromatic carbocycles. The van der Waals surface area contributed by atoms with Crippen molar-refractivity contribution in [2.24, 2.45) is 0 Å². The fourth-order valence-electron chi connectivity index (χ4n) is 0.828. The second-order valence-electron chi connectivity index (χ2n) is 2.44. The van der Waals surface area contributed by atoms with Crippen LogP contribution >= 0.6 is 0 Å². The summed E-state index contributed by atoms with van der Waals surface area (Å²) >= 11 is 0. The first-order valence-corrected chi connectivity index (χ1v) is 3.91. The highest BCUT2D eigenvalue weighted by Gasteiger charge is 1.87. The van der Waals surface area contributed by atoms with Crippen molar-refractivity contribution < 1.29 is 0 Å². The van der Waals surface area contributed by atoms with Gasteiger partial charge in [0.15, 0.2) is 0 Å². The molecule has 0 heteroatoms. The summed E-state index contributed by atoms with van der Waals surface area (Å²) in [7, 11) is 0. The van der Waals surface area contributed by atoms with Crippen LogP contribution in [0.1, 0.15) is 39.5 Å². The van der Waals surface area contributed by atoms with Gasteiger partial charge in [-0.2, -0.15) is 0 Å². The summed E-state index contributed by atoms with van der Waals surface area (Å²) in [6, 6.07) is 0. The molecule has 0 bridgehead atoms. The molecule has 0 N–H and O–H groups in total. The number of hydrogen-bond acceptors (Lipinski definition) is 0. The lowest BCUT2D eigenvalue weighted by molar-refractivity contribution is 0.722. The molecule has 0 aromatic rings. The number of hydrogen-bond donors (Lipinski definition) is 0. The molecular weight excluding hydrogens is 120 g/mol. The average molecular weight is 136 g/mol. The van der Waals surface area contributed by atoms with Crippen molar-refractivity contribution >= 4 is 0 Å². The monoisotopic (exact) mass is 136 g/mol. The molecule has 0 radical (unpaired) electrons. The van der Waals surface area contributed by atoms with Gasteiger partial charge < -0.3 is 0 Å². The van der Waals surface area contributed by atoms with Gasteiger partial charge in [0.25, 0.3) is 0 Å². The van der Waals surface area contributed by atoms with Crippen LogP contribution in [0.2, 0.25) is 0 Å². The van der Waals surface area contributed by atoms with Gasteiger partial charge in [0.1, 0.15) is 0 Å². The van der Waals surface area contributed by atoms with Crippen molar-refractivity contribution in [2.75, 3.05) is 0 Å². The molecule has 56 valence electrons. The molecule has 0 aliphatic heterocycles. The summed E-state index contributed by atoms with van der Waals surface area (Å²) in [5.41, 5.74) is 1.08. The quantitative estimate of drug-likeness (QED) is 0.411. The predicted molar refractivity (Wildman–Crippen MR) is 46.7 cm³/mol. The van der Waals surface area contributed by atoms with Crippen molar-refractivity contribution in [3.8, 4) is 11.8 Å². The third kappa shape index (κ3) is 5.44. The number of rotatable bonds is 4. The zero-order valence-corrected chi connectivity index (χ0v) is 7.04. The van der Waals surface area contributed by atoms with Crippen molar-refractivity contribution in [1.29, 1.82) is 0 Å². The Balaban J connectivity index is 3.28. The van der Waals surface area contributed by atoms with Crippen LogP contribution in [0.5, 0.6) is 0 Å².